The van der Waals surface area contributed by atoms with Gasteiger partial charge in [-0.15, -0.1) is 0 Å². The molecule has 3 aromatic rings. The van der Waals surface area contributed by atoms with Crippen molar-refractivity contribution in [1.29, 1.82) is 0 Å². The lowest BCUT2D eigenvalue weighted by Gasteiger charge is -2.06. The fraction of sp³-hybridized carbons (Fsp3) is 0.357. The Bertz CT molecular complexity index is 757. The van der Waals surface area contributed by atoms with Gasteiger partial charge in [0.05, 0.1) is 0 Å². The summed E-state index contributed by atoms with van der Waals surface area (Å²) < 4.78 is 0. The minimum absolute atomic E-state index is 0.282. The highest BCUT2D eigenvalue weighted by atomic mass is 16.3. The van der Waals surface area contributed by atoms with Crippen LogP contribution >= 0.6 is 0 Å². The molecule has 0 saturated heterocycles. The molecule has 0 unspecified atom stereocenters. The Balaban J connectivity index is 0.000000280. The summed E-state index contributed by atoms with van der Waals surface area (Å²) in [6, 6.07) is 23.3. The van der Waals surface area contributed by atoms with Gasteiger partial charge < -0.3 is 10.2 Å². The van der Waals surface area contributed by atoms with Gasteiger partial charge in [-0.25, -0.2) is 0 Å². The van der Waals surface area contributed by atoms with Gasteiger partial charge >= 0.3 is 0 Å². The zero-order chi connectivity index (χ0) is 22.4. The van der Waals surface area contributed by atoms with Crippen molar-refractivity contribution < 1.29 is 10.2 Å². The highest BCUT2D eigenvalue weighted by Crippen LogP contribution is 2.17. The molecular formula is C28H38O2. The van der Waals surface area contributed by atoms with E-state index in [-0.39, 0.29) is 11.5 Å². The largest absolute Gasteiger partial charge is 0.508 e. The van der Waals surface area contributed by atoms with Gasteiger partial charge in [0.25, 0.3) is 0 Å². The molecule has 0 aliphatic heterocycles. The molecule has 0 saturated carbocycles. The highest BCUT2D eigenvalue weighted by Gasteiger charge is 1.98. The van der Waals surface area contributed by atoms with Gasteiger partial charge in [0.1, 0.15) is 11.5 Å². The van der Waals surface area contributed by atoms with Crippen LogP contribution in [-0.4, -0.2) is 10.2 Å². The maximum absolute atomic E-state index is 9.13. The van der Waals surface area contributed by atoms with E-state index in [1.54, 1.807) is 24.3 Å². The van der Waals surface area contributed by atoms with Crippen molar-refractivity contribution in [3.05, 3.63) is 95.1 Å². The predicted molar refractivity (Wildman–Crippen MR) is 130 cm³/mol. The Hall–Kier alpha value is -2.74. The predicted octanol–water partition coefficient (Wildman–Crippen LogP) is 7.87. The van der Waals surface area contributed by atoms with E-state index in [9.17, 15) is 0 Å². The van der Waals surface area contributed by atoms with E-state index >= 15 is 0 Å². The van der Waals surface area contributed by atoms with Crippen LogP contribution < -0.4 is 0 Å². The summed E-state index contributed by atoms with van der Waals surface area (Å²) in [5.74, 6) is 1.22. The molecule has 0 spiro atoms. The Labute approximate surface area is 183 Å². The van der Waals surface area contributed by atoms with Crippen LogP contribution in [0.3, 0.4) is 0 Å². The molecule has 0 heterocycles. The topological polar surface area (TPSA) is 40.5 Å². The van der Waals surface area contributed by atoms with Crippen LogP contribution in [0, 0.1) is 0 Å². The lowest BCUT2D eigenvalue weighted by atomic mass is 10.00. The summed E-state index contributed by atoms with van der Waals surface area (Å²) in [6.07, 6.45) is 4.63. The number of phenolic OH excluding ortho intramolecular Hbond substituents is 2. The maximum atomic E-state index is 9.13. The molecule has 2 N–H and O–H groups in total. The van der Waals surface area contributed by atoms with E-state index in [1.165, 1.54) is 30.4 Å². The number of phenols is 2. The summed E-state index contributed by atoms with van der Waals surface area (Å²) in [5.41, 5.74) is 5.20. The Kier molecular flexibility index (Phi) is 12.0. The van der Waals surface area contributed by atoms with Gasteiger partial charge in [0, 0.05) is 0 Å². The van der Waals surface area contributed by atoms with Gasteiger partial charge in [0.15, 0.2) is 0 Å². The number of aryl methyl sites for hydroxylation is 1. The fourth-order valence-corrected chi connectivity index (χ4v) is 2.91. The molecule has 0 aromatic heterocycles. The van der Waals surface area contributed by atoms with E-state index in [0.717, 1.165) is 17.5 Å². The molecule has 162 valence electrons. The lowest BCUT2D eigenvalue weighted by Crippen LogP contribution is -1.89. The van der Waals surface area contributed by atoms with Crippen LogP contribution in [0.15, 0.2) is 72.8 Å². The van der Waals surface area contributed by atoms with Gasteiger partial charge in [0.2, 0.25) is 0 Å². The number of aromatic hydroxyl groups is 2. The average molecular weight is 407 g/mol. The van der Waals surface area contributed by atoms with Crippen molar-refractivity contribution in [3.8, 4) is 11.5 Å². The molecule has 0 aliphatic rings. The standard InChI is InChI=1S/C13H12O2.C13H20.C2H6/c14-12-5-1-10(2-6-12)9-11-3-7-13(15)8-4-11;1-4-5-6-12-7-9-13(10-8-12)11(2)3;1-2/h1-8,14-15H,9H2;7-11H,4-6H2,1-3H3;1-2H3. The van der Waals surface area contributed by atoms with E-state index < -0.39 is 0 Å². The number of unbranched alkanes of at least 4 members (excludes halogenated alkanes) is 1. The van der Waals surface area contributed by atoms with Crippen molar-refractivity contribution in [1.82, 2.24) is 0 Å². The zero-order valence-electron chi connectivity index (χ0n) is 19.2. The second kappa shape index (κ2) is 14.3. The summed E-state index contributed by atoms with van der Waals surface area (Å²) in [5, 5.41) is 18.3. The second-order valence-electron chi connectivity index (χ2n) is 7.51. The minimum Gasteiger partial charge on any atom is -0.508 e. The molecule has 3 rings (SSSR count). The third kappa shape index (κ3) is 9.65. The lowest BCUT2D eigenvalue weighted by molar-refractivity contribution is 0.475. The maximum Gasteiger partial charge on any atom is 0.115 e. The summed E-state index contributed by atoms with van der Waals surface area (Å²) in [7, 11) is 0. The smallest absolute Gasteiger partial charge is 0.115 e. The molecule has 0 radical (unpaired) electrons. The van der Waals surface area contributed by atoms with Crippen LogP contribution in [0.1, 0.15) is 75.6 Å². The van der Waals surface area contributed by atoms with Crippen LogP contribution in [0.2, 0.25) is 0 Å². The van der Waals surface area contributed by atoms with Gasteiger partial charge in [-0.1, -0.05) is 89.6 Å². The van der Waals surface area contributed by atoms with Crippen molar-refractivity contribution in [2.45, 2.75) is 66.2 Å². The fourth-order valence-electron chi connectivity index (χ4n) is 2.91. The third-order valence-electron chi connectivity index (χ3n) is 4.75. The van der Waals surface area contributed by atoms with Crippen molar-refractivity contribution in [2.24, 2.45) is 0 Å². The van der Waals surface area contributed by atoms with Crippen molar-refractivity contribution >= 4 is 0 Å². The van der Waals surface area contributed by atoms with Crippen LogP contribution in [0.4, 0.5) is 0 Å². The molecule has 0 bridgehead atoms. The molecule has 0 fully saturated rings. The number of rotatable bonds is 6. The average Bonchev–Trinajstić information content (AvgIpc) is 2.77. The van der Waals surface area contributed by atoms with Gasteiger partial charge in [-0.3, -0.25) is 0 Å². The first-order chi connectivity index (χ1) is 14.5. The van der Waals surface area contributed by atoms with Crippen LogP contribution in [-0.2, 0) is 12.8 Å². The minimum atomic E-state index is 0.282. The monoisotopic (exact) mass is 406 g/mol. The van der Waals surface area contributed by atoms with Crippen molar-refractivity contribution in [3.63, 3.8) is 0 Å². The van der Waals surface area contributed by atoms with Crippen LogP contribution in [0.5, 0.6) is 11.5 Å². The SMILES string of the molecule is CC.CCCCc1ccc(C(C)C)cc1.Oc1ccc(Cc2ccc(O)cc2)cc1. The first-order valence-corrected chi connectivity index (χ1v) is 11.1. The summed E-state index contributed by atoms with van der Waals surface area (Å²) in [6.45, 7) is 10.7. The molecule has 0 atom stereocenters. The number of hydrogen-bond acceptors (Lipinski definition) is 2. The Morgan fingerprint density at radius 2 is 1.03 bits per heavy atom. The van der Waals surface area contributed by atoms with E-state index in [2.05, 4.69) is 45.0 Å². The molecule has 2 nitrogen and oxygen atoms in total. The first-order valence-electron chi connectivity index (χ1n) is 11.1. The highest BCUT2D eigenvalue weighted by molar-refractivity contribution is 5.33. The van der Waals surface area contributed by atoms with Gasteiger partial charge in [-0.05, 0) is 71.7 Å². The second-order valence-corrected chi connectivity index (χ2v) is 7.51. The third-order valence-corrected chi connectivity index (χ3v) is 4.75. The summed E-state index contributed by atoms with van der Waals surface area (Å²) in [4.78, 5) is 0. The Morgan fingerprint density at radius 1 is 0.633 bits per heavy atom. The van der Waals surface area contributed by atoms with E-state index in [1.807, 2.05) is 38.1 Å². The quantitative estimate of drug-likeness (QED) is 0.437. The Morgan fingerprint density at radius 3 is 1.40 bits per heavy atom. The van der Waals surface area contributed by atoms with E-state index in [4.69, 9.17) is 10.2 Å². The molecule has 0 aliphatic carbocycles. The van der Waals surface area contributed by atoms with Crippen molar-refractivity contribution in [2.75, 3.05) is 0 Å². The molecule has 2 heteroatoms. The first kappa shape index (κ1) is 25.3. The molecular weight excluding hydrogens is 368 g/mol. The summed E-state index contributed by atoms with van der Waals surface area (Å²) >= 11 is 0. The number of benzene rings is 3. The normalized spacial score (nSPS) is 9.93. The van der Waals surface area contributed by atoms with Gasteiger partial charge in [-0.2, -0.15) is 0 Å². The number of hydrogen-bond donors (Lipinski definition) is 2. The molecule has 0 amide bonds. The zero-order valence-corrected chi connectivity index (χ0v) is 19.2. The molecule has 3 aromatic carbocycles. The van der Waals surface area contributed by atoms with Crippen LogP contribution in [0.25, 0.3) is 0 Å². The van der Waals surface area contributed by atoms with E-state index in [0.29, 0.717) is 5.92 Å². The molecule has 30 heavy (non-hydrogen) atoms.